The normalized spacial score (nSPS) is 14.2. The summed E-state index contributed by atoms with van der Waals surface area (Å²) in [7, 11) is 0. The Morgan fingerprint density at radius 1 is 0.458 bits per heavy atom. The monoisotopic (exact) mass is 307 g/mol. The van der Waals surface area contributed by atoms with Crippen molar-refractivity contribution in [2.45, 2.75) is 5.82 Å². The van der Waals surface area contributed by atoms with Gasteiger partial charge in [0.15, 0.2) is 0 Å². The van der Waals surface area contributed by atoms with Crippen molar-refractivity contribution in [2.75, 3.05) is 0 Å². The standard InChI is InChI=1S/C23H20B/c1-4-12-20(13-5-1)24(23-18-10-11-19-23,21-14-6-2-7-15-21)22-16-8-3-9-17-22/h1-19,23H/q-1. The predicted molar refractivity (Wildman–Crippen MR) is 106 cm³/mol. The van der Waals surface area contributed by atoms with E-state index in [4.69, 9.17) is 0 Å². The first-order chi connectivity index (χ1) is 11.9. The molecule has 0 amide bonds. The van der Waals surface area contributed by atoms with Gasteiger partial charge < -0.3 is 0 Å². The average molecular weight is 307 g/mol. The number of allylic oxidation sites excluding steroid dienone is 4. The minimum absolute atomic E-state index is 0.359. The molecule has 3 aromatic carbocycles. The zero-order chi connectivity index (χ0) is 16.2. The molecule has 0 bridgehead atoms. The molecular weight excluding hydrogens is 287 g/mol. The molecule has 1 heteroatoms. The van der Waals surface area contributed by atoms with Crippen molar-refractivity contribution in [2.24, 2.45) is 0 Å². The van der Waals surface area contributed by atoms with Gasteiger partial charge in [-0.05, 0) is 0 Å². The van der Waals surface area contributed by atoms with E-state index in [1.165, 1.54) is 16.4 Å². The third-order valence-electron chi connectivity index (χ3n) is 5.33. The van der Waals surface area contributed by atoms with Crippen molar-refractivity contribution in [3.8, 4) is 0 Å². The summed E-state index contributed by atoms with van der Waals surface area (Å²) >= 11 is 0. The summed E-state index contributed by atoms with van der Waals surface area (Å²) in [6.07, 6.45) is 7.94. The second-order valence-electron chi connectivity index (χ2n) is 6.51. The molecule has 0 saturated heterocycles. The van der Waals surface area contributed by atoms with Crippen LogP contribution in [0.4, 0.5) is 0 Å². The Labute approximate surface area is 144 Å². The smallest absolute Gasteiger partial charge is 0.0918 e. The molecule has 0 unspecified atom stereocenters. The summed E-state index contributed by atoms with van der Waals surface area (Å²) in [4.78, 5) is 0. The maximum Gasteiger partial charge on any atom is 0.0918 e. The van der Waals surface area contributed by atoms with Crippen molar-refractivity contribution in [3.63, 3.8) is 0 Å². The van der Waals surface area contributed by atoms with Crippen LogP contribution in [0.2, 0.25) is 5.82 Å². The molecule has 0 atom stereocenters. The van der Waals surface area contributed by atoms with E-state index in [2.05, 4.69) is 115 Å². The lowest BCUT2D eigenvalue weighted by Gasteiger charge is -2.47. The summed E-state index contributed by atoms with van der Waals surface area (Å²) < 4.78 is 0. The largest absolute Gasteiger partial charge is 0.199 e. The van der Waals surface area contributed by atoms with Gasteiger partial charge >= 0.3 is 0 Å². The van der Waals surface area contributed by atoms with Crippen LogP contribution in [-0.2, 0) is 0 Å². The second-order valence-corrected chi connectivity index (χ2v) is 6.51. The molecule has 0 heterocycles. The van der Waals surface area contributed by atoms with E-state index in [-0.39, 0.29) is 0 Å². The molecule has 116 valence electrons. The van der Waals surface area contributed by atoms with Crippen LogP contribution in [0.3, 0.4) is 0 Å². The van der Waals surface area contributed by atoms with Gasteiger partial charge in [-0.2, -0.15) is 16.4 Å². The van der Waals surface area contributed by atoms with Crippen molar-refractivity contribution in [1.29, 1.82) is 0 Å². The molecule has 1 aliphatic carbocycles. The second kappa shape index (κ2) is 6.37. The van der Waals surface area contributed by atoms with E-state index >= 15 is 0 Å². The van der Waals surface area contributed by atoms with Crippen LogP contribution in [0.25, 0.3) is 0 Å². The highest BCUT2D eigenvalue weighted by Crippen LogP contribution is 2.28. The van der Waals surface area contributed by atoms with Crippen molar-refractivity contribution in [1.82, 2.24) is 0 Å². The van der Waals surface area contributed by atoms with Crippen LogP contribution in [0, 0.1) is 0 Å². The average Bonchev–Trinajstić information content (AvgIpc) is 3.20. The highest BCUT2D eigenvalue weighted by Gasteiger charge is 2.35. The highest BCUT2D eigenvalue weighted by molar-refractivity contribution is 7.13. The Bertz CT molecular complexity index is 740. The molecule has 0 fully saturated rings. The highest BCUT2D eigenvalue weighted by atomic mass is 14.1. The molecule has 0 aliphatic heterocycles. The summed E-state index contributed by atoms with van der Waals surface area (Å²) in [5.41, 5.74) is 4.16. The molecule has 0 spiro atoms. The van der Waals surface area contributed by atoms with E-state index in [0.29, 0.717) is 5.82 Å². The molecule has 0 radical (unpaired) electrons. The maximum atomic E-state index is 2.34. The van der Waals surface area contributed by atoms with Crippen molar-refractivity contribution >= 4 is 22.5 Å². The number of hydrogen-bond acceptors (Lipinski definition) is 0. The van der Waals surface area contributed by atoms with E-state index in [1.54, 1.807) is 0 Å². The molecule has 1 aliphatic rings. The number of benzene rings is 3. The lowest BCUT2D eigenvalue weighted by molar-refractivity contribution is 1.34. The topological polar surface area (TPSA) is 0 Å². The summed E-state index contributed by atoms with van der Waals surface area (Å²) in [6, 6.07) is 32.9. The molecule has 0 N–H and O–H groups in total. The van der Waals surface area contributed by atoms with Crippen LogP contribution >= 0.6 is 0 Å². The van der Waals surface area contributed by atoms with Gasteiger partial charge in [0.05, 0.1) is 6.15 Å². The van der Waals surface area contributed by atoms with E-state index < -0.39 is 6.15 Å². The van der Waals surface area contributed by atoms with Gasteiger partial charge in [-0.1, -0.05) is 103 Å². The Balaban J connectivity index is 2.07. The van der Waals surface area contributed by atoms with Gasteiger partial charge in [0.1, 0.15) is 0 Å². The Morgan fingerprint density at radius 2 is 0.792 bits per heavy atom. The Morgan fingerprint density at radius 3 is 1.12 bits per heavy atom. The lowest BCUT2D eigenvalue weighted by atomic mass is 9.11. The molecule has 24 heavy (non-hydrogen) atoms. The van der Waals surface area contributed by atoms with E-state index in [9.17, 15) is 0 Å². The van der Waals surface area contributed by atoms with Crippen LogP contribution < -0.4 is 16.4 Å². The van der Waals surface area contributed by atoms with Crippen molar-refractivity contribution in [3.05, 3.63) is 115 Å². The quantitative estimate of drug-likeness (QED) is 0.645. The molecule has 0 aromatic heterocycles. The first-order valence-electron chi connectivity index (χ1n) is 8.60. The third kappa shape index (κ3) is 2.34. The van der Waals surface area contributed by atoms with Gasteiger partial charge in [-0.25, -0.2) is 0 Å². The Hall–Kier alpha value is -2.80. The summed E-state index contributed by atoms with van der Waals surface area (Å²) in [6.45, 7) is 0. The molecule has 4 rings (SSSR count). The van der Waals surface area contributed by atoms with Crippen LogP contribution in [-0.4, -0.2) is 6.15 Å². The van der Waals surface area contributed by atoms with Gasteiger partial charge in [-0.15, -0.1) is 18.0 Å². The van der Waals surface area contributed by atoms with Gasteiger partial charge in [0.2, 0.25) is 0 Å². The minimum Gasteiger partial charge on any atom is -0.199 e. The zero-order valence-electron chi connectivity index (χ0n) is 13.6. The fourth-order valence-corrected chi connectivity index (χ4v) is 4.30. The van der Waals surface area contributed by atoms with Gasteiger partial charge in [-0.3, -0.25) is 0 Å². The zero-order valence-corrected chi connectivity index (χ0v) is 13.6. The fraction of sp³-hybridized carbons (Fsp3) is 0.0435. The van der Waals surface area contributed by atoms with Gasteiger partial charge in [0.25, 0.3) is 0 Å². The van der Waals surface area contributed by atoms with Crippen LogP contribution in [0.5, 0.6) is 0 Å². The summed E-state index contributed by atoms with van der Waals surface area (Å²) in [5.74, 6) is 0.359. The van der Waals surface area contributed by atoms with E-state index in [0.717, 1.165) is 0 Å². The SMILES string of the molecule is C1=CC([B-](c2ccccc2)(c2ccccc2)c2ccccc2)C=C1. The van der Waals surface area contributed by atoms with Gasteiger partial charge in [0, 0.05) is 0 Å². The first kappa shape index (κ1) is 14.8. The predicted octanol–water partition coefficient (Wildman–Crippen LogP) is 3.65. The molecule has 0 saturated carbocycles. The van der Waals surface area contributed by atoms with Crippen molar-refractivity contribution < 1.29 is 0 Å². The van der Waals surface area contributed by atoms with E-state index in [1.807, 2.05) is 0 Å². The number of rotatable bonds is 4. The maximum absolute atomic E-state index is 2.34. The fourth-order valence-electron chi connectivity index (χ4n) is 4.30. The lowest BCUT2D eigenvalue weighted by Crippen LogP contribution is -2.69. The molecular formula is C23H20B-. The first-order valence-corrected chi connectivity index (χ1v) is 8.60. The third-order valence-corrected chi connectivity index (χ3v) is 5.33. The van der Waals surface area contributed by atoms with Crippen LogP contribution in [0.15, 0.2) is 115 Å². The number of hydrogen-bond donors (Lipinski definition) is 0. The molecule has 0 nitrogen and oxygen atoms in total. The summed E-state index contributed by atoms with van der Waals surface area (Å²) in [5, 5.41) is 0. The minimum atomic E-state index is -1.09. The molecule has 3 aromatic rings. The Kier molecular flexibility index (Phi) is 3.92. The van der Waals surface area contributed by atoms with Crippen LogP contribution in [0.1, 0.15) is 0 Å².